The van der Waals surface area contributed by atoms with E-state index < -0.39 is 0 Å². The molecule has 0 amide bonds. The van der Waals surface area contributed by atoms with Crippen LogP contribution in [0.15, 0.2) is 16.7 Å². The van der Waals surface area contributed by atoms with Crippen LogP contribution in [0.3, 0.4) is 0 Å². The number of nitrogens with zero attached hydrogens (tertiary/aromatic N) is 2. The predicted octanol–water partition coefficient (Wildman–Crippen LogP) is 1.67. The van der Waals surface area contributed by atoms with E-state index in [1.54, 1.807) is 0 Å². The third-order valence-corrected chi connectivity index (χ3v) is 4.31. The minimum atomic E-state index is 0.605. The Balaban J connectivity index is 1.57. The maximum absolute atomic E-state index is 5.70. The Morgan fingerprint density at radius 2 is 2.21 bits per heavy atom. The van der Waals surface area contributed by atoms with E-state index in [9.17, 15) is 0 Å². The van der Waals surface area contributed by atoms with Crippen LogP contribution in [0.2, 0.25) is 0 Å². The molecule has 0 aromatic carbocycles. The first-order valence-electron chi connectivity index (χ1n) is 7.43. The normalized spacial score (nSPS) is 25.9. The molecular formula is C15H25N3O. The Morgan fingerprint density at radius 3 is 2.95 bits per heavy atom. The minimum absolute atomic E-state index is 0.605. The molecule has 1 N–H and O–H groups in total. The summed E-state index contributed by atoms with van der Waals surface area (Å²) in [6, 6.07) is 3.48. The lowest BCUT2D eigenvalue weighted by Gasteiger charge is -2.37. The van der Waals surface area contributed by atoms with Crippen LogP contribution in [0.4, 0.5) is 0 Å². The van der Waals surface area contributed by atoms with E-state index in [0.717, 1.165) is 44.5 Å². The largest absolute Gasteiger partial charge is 0.468 e. The fourth-order valence-electron chi connectivity index (χ4n) is 2.80. The minimum Gasteiger partial charge on any atom is -0.468 e. The molecule has 1 unspecified atom stereocenters. The van der Waals surface area contributed by atoms with Crippen LogP contribution in [-0.4, -0.2) is 48.6 Å². The highest BCUT2D eigenvalue weighted by atomic mass is 16.3. The van der Waals surface area contributed by atoms with Gasteiger partial charge in [0.1, 0.15) is 5.76 Å². The van der Waals surface area contributed by atoms with E-state index in [1.165, 1.54) is 18.4 Å². The average molecular weight is 263 g/mol. The molecular weight excluding hydrogens is 238 g/mol. The van der Waals surface area contributed by atoms with E-state index in [0.29, 0.717) is 6.04 Å². The molecule has 19 heavy (non-hydrogen) atoms. The maximum atomic E-state index is 5.70. The van der Waals surface area contributed by atoms with Crippen molar-refractivity contribution in [3.63, 3.8) is 0 Å². The fraction of sp³-hybridized carbons (Fsp3) is 0.733. The molecule has 2 heterocycles. The van der Waals surface area contributed by atoms with Crippen molar-refractivity contribution in [3.8, 4) is 0 Å². The third-order valence-electron chi connectivity index (χ3n) is 4.31. The first-order valence-corrected chi connectivity index (χ1v) is 7.43. The number of furan rings is 1. The molecule has 4 nitrogen and oxygen atoms in total. The lowest BCUT2D eigenvalue weighted by atomic mass is 10.1. The summed E-state index contributed by atoms with van der Waals surface area (Å²) in [5.74, 6) is 1.14. The maximum Gasteiger partial charge on any atom is 0.122 e. The van der Waals surface area contributed by atoms with Gasteiger partial charge in [0.05, 0.1) is 12.8 Å². The van der Waals surface area contributed by atoms with Crippen molar-refractivity contribution in [1.29, 1.82) is 0 Å². The summed E-state index contributed by atoms with van der Waals surface area (Å²) < 4.78 is 5.70. The summed E-state index contributed by atoms with van der Waals surface area (Å²) in [6.45, 7) is 7.65. The second-order valence-corrected chi connectivity index (χ2v) is 6.11. The van der Waals surface area contributed by atoms with Crippen molar-refractivity contribution in [2.45, 2.75) is 44.9 Å². The SMILES string of the molecule is CC1CN(C)CCN1Cc1occc1CNC1CC1. The molecule has 1 aliphatic heterocycles. The van der Waals surface area contributed by atoms with Gasteiger partial charge in [0, 0.05) is 43.8 Å². The van der Waals surface area contributed by atoms with Crippen molar-refractivity contribution < 1.29 is 4.42 Å². The summed E-state index contributed by atoms with van der Waals surface area (Å²) in [4.78, 5) is 4.93. The Labute approximate surface area is 115 Å². The molecule has 0 spiro atoms. The van der Waals surface area contributed by atoms with Crippen molar-refractivity contribution in [1.82, 2.24) is 15.1 Å². The first kappa shape index (κ1) is 13.2. The van der Waals surface area contributed by atoms with Gasteiger partial charge in [-0.05, 0) is 32.9 Å². The average Bonchev–Trinajstić information content (AvgIpc) is 3.11. The molecule has 1 saturated carbocycles. The van der Waals surface area contributed by atoms with Crippen molar-refractivity contribution in [2.24, 2.45) is 0 Å². The van der Waals surface area contributed by atoms with Crippen LogP contribution in [0, 0.1) is 0 Å². The molecule has 1 atom stereocenters. The molecule has 4 heteroatoms. The van der Waals surface area contributed by atoms with Crippen molar-refractivity contribution in [2.75, 3.05) is 26.7 Å². The van der Waals surface area contributed by atoms with Crippen molar-refractivity contribution in [3.05, 3.63) is 23.7 Å². The first-order chi connectivity index (χ1) is 9.22. The van der Waals surface area contributed by atoms with Crippen LogP contribution < -0.4 is 5.32 Å². The third kappa shape index (κ3) is 3.38. The molecule has 0 bridgehead atoms. The van der Waals surface area contributed by atoms with Gasteiger partial charge >= 0.3 is 0 Å². The van der Waals surface area contributed by atoms with Gasteiger partial charge < -0.3 is 14.6 Å². The molecule has 2 aliphatic rings. The number of nitrogens with one attached hydrogen (secondary N) is 1. The molecule has 3 rings (SSSR count). The van der Waals surface area contributed by atoms with E-state index in [2.05, 4.69) is 35.2 Å². The van der Waals surface area contributed by atoms with Gasteiger partial charge in [0.25, 0.3) is 0 Å². The van der Waals surface area contributed by atoms with Gasteiger partial charge in [-0.1, -0.05) is 0 Å². The highest BCUT2D eigenvalue weighted by molar-refractivity contribution is 5.17. The molecule has 1 saturated heterocycles. The molecule has 2 fully saturated rings. The Bertz CT molecular complexity index is 413. The van der Waals surface area contributed by atoms with Crippen LogP contribution in [0.1, 0.15) is 31.1 Å². The summed E-state index contributed by atoms with van der Waals surface area (Å²) >= 11 is 0. The summed E-state index contributed by atoms with van der Waals surface area (Å²) in [6.07, 6.45) is 4.51. The number of likely N-dealkylation sites (N-methyl/N-ethyl adjacent to an activating group) is 1. The van der Waals surface area contributed by atoms with Gasteiger partial charge in [-0.2, -0.15) is 0 Å². The highest BCUT2D eigenvalue weighted by Crippen LogP contribution is 2.21. The monoisotopic (exact) mass is 263 g/mol. The Morgan fingerprint density at radius 1 is 1.37 bits per heavy atom. The van der Waals surface area contributed by atoms with E-state index in [4.69, 9.17) is 4.42 Å². The zero-order valence-electron chi connectivity index (χ0n) is 12.1. The van der Waals surface area contributed by atoms with E-state index >= 15 is 0 Å². The quantitative estimate of drug-likeness (QED) is 0.875. The second-order valence-electron chi connectivity index (χ2n) is 6.11. The highest BCUT2D eigenvalue weighted by Gasteiger charge is 2.24. The molecule has 1 aliphatic carbocycles. The lowest BCUT2D eigenvalue weighted by molar-refractivity contribution is 0.0871. The number of hydrogen-bond donors (Lipinski definition) is 1. The van der Waals surface area contributed by atoms with Crippen LogP contribution >= 0.6 is 0 Å². The molecule has 1 aromatic heterocycles. The fourth-order valence-corrected chi connectivity index (χ4v) is 2.80. The van der Waals surface area contributed by atoms with Gasteiger partial charge in [-0.3, -0.25) is 4.90 Å². The molecule has 106 valence electrons. The van der Waals surface area contributed by atoms with Gasteiger partial charge in [-0.15, -0.1) is 0 Å². The van der Waals surface area contributed by atoms with Gasteiger partial charge in [0.15, 0.2) is 0 Å². The zero-order valence-corrected chi connectivity index (χ0v) is 12.1. The van der Waals surface area contributed by atoms with Gasteiger partial charge in [0.2, 0.25) is 0 Å². The number of hydrogen-bond acceptors (Lipinski definition) is 4. The van der Waals surface area contributed by atoms with Crippen molar-refractivity contribution >= 4 is 0 Å². The van der Waals surface area contributed by atoms with Crippen LogP contribution in [0.25, 0.3) is 0 Å². The summed E-state index contributed by atoms with van der Waals surface area (Å²) in [5, 5.41) is 3.57. The van der Waals surface area contributed by atoms with E-state index in [-0.39, 0.29) is 0 Å². The van der Waals surface area contributed by atoms with Crippen LogP contribution in [-0.2, 0) is 13.1 Å². The molecule has 0 radical (unpaired) electrons. The predicted molar refractivity (Wildman–Crippen MR) is 75.9 cm³/mol. The summed E-state index contributed by atoms with van der Waals surface area (Å²) in [5.41, 5.74) is 1.33. The Hall–Kier alpha value is -0.840. The second kappa shape index (κ2) is 5.65. The zero-order chi connectivity index (χ0) is 13.2. The molecule has 1 aromatic rings. The van der Waals surface area contributed by atoms with Gasteiger partial charge in [-0.25, -0.2) is 0 Å². The summed E-state index contributed by atoms with van der Waals surface area (Å²) in [7, 11) is 2.20. The lowest BCUT2D eigenvalue weighted by Crippen LogP contribution is -2.49. The number of rotatable bonds is 5. The van der Waals surface area contributed by atoms with Crippen LogP contribution in [0.5, 0.6) is 0 Å². The van der Waals surface area contributed by atoms with E-state index in [1.807, 2.05) is 6.26 Å². The standard InChI is InChI=1S/C15H25N3O/c1-12-10-17(2)6-7-18(12)11-15-13(5-8-19-15)9-16-14-3-4-14/h5,8,12,14,16H,3-4,6-7,9-11H2,1-2H3. The number of piperazine rings is 1. The Kier molecular flexibility index (Phi) is 3.91. The smallest absolute Gasteiger partial charge is 0.122 e. The topological polar surface area (TPSA) is 31.6 Å².